The van der Waals surface area contributed by atoms with Crippen LogP contribution < -0.4 is 5.32 Å². The smallest absolute Gasteiger partial charge is 0.325 e. The largest absolute Gasteiger partial charge is 0.468 e. The van der Waals surface area contributed by atoms with Gasteiger partial charge in [-0.25, -0.2) is 0 Å². The Labute approximate surface area is 117 Å². The van der Waals surface area contributed by atoms with Crippen LogP contribution in [0.15, 0.2) is 0 Å². The fourth-order valence-corrected chi connectivity index (χ4v) is 2.47. The minimum absolute atomic E-state index is 0.0418. The third-order valence-electron chi connectivity index (χ3n) is 4.04. The van der Waals surface area contributed by atoms with Crippen molar-refractivity contribution in [2.75, 3.05) is 13.7 Å². The van der Waals surface area contributed by atoms with E-state index in [-0.39, 0.29) is 23.5 Å². The lowest BCUT2D eigenvalue weighted by molar-refractivity contribution is -0.154. The van der Waals surface area contributed by atoms with Gasteiger partial charge < -0.3 is 9.47 Å². The highest BCUT2D eigenvalue weighted by atomic mass is 16.5. The fraction of sp³-hybridized carbons (Fsp3) is 0.933. The van der Waals surface area contributed by atoms with Gasteiger partial charge in [-0.1, -0.05) is 27.7 Å². The lowest BCUT2D eigenvalue weighted by atomic mass is 9.64. The Morgan fingerprint density at radius 2 is 2.00 bits per heavy atom. The highest BCUT2D eigenvalue weighted by Gasteiger charge is 2.51. The maximum absolute atomic E-state index is 11.7. The van der Waals surface area contributed by atoms with Crippen LogP contribution in [0, 0.1) is 11.3 Å². The lowest BCUT2D eigenvalue weighted by Crippen LogP contribution is -2.66. The van der Waals surface area contributed by atoms with Gasteiger partial charge in [0, 0.05) is 18.1 Å². The normalized spacial score (nSPS) is 26.1. The molecule has 19 heavy (non-hydrogen) atoms. The zero-order chi connectivity index (χ0) is 14.8. The van der Waals surface area contributed by atoms with Gasteiger partial charge in [0.25, 0.3) is 0 Å². The Balaban J connectivity index is 2.53. The van der Waals surface area contributed by atoms with Gasteiger partial charge in [0.2, 0.25) is 0 Å². The molecule has 2 unspecified atom stereocenters. The van der Waals surface area contributed by atoms with Gasteiger partial charge in [0.05, 0.1) is 13.2 Å². The van der Waals surface area contributed by atoms with Gasteiger partial charge in [-0.05, 0) is 26.2 Å². The molecule has 1 saturated carbocycles. The number of carbonyl (C=O) groups is 1. The molecule has 112 valence electrons. The van der Waals surface area contributed by atoms with Crippen LogP contribution in [0.4, 0.5) is 0 Å². The van der Waals surface area contributed by atoms with Gasteiger partial charge in [-0.2, -0.15) is 0 Å². The summed E-state index contributed by atoms with van der Waals surface area (Å²) in [5.74, 6) is 0.323. The van der Waals surface area contributed by atoms with Crippen LogP contribution in [-0.2, 0) is 14.3 Å². The van der Waals surface area contributed by atoms with Crippen molar-refractivity contribution in [3.63, 3.8) is 0 Å². The monoisotopic (exact) mass is 271 g/mol. The van der Waals surface area contributed by atoms with Gasteiger partial charge in [0.1, 0.15) is 5.54 Å². The van der Waals surface area contributed by atoms with E-state index in [0.29, 0.717) is 5.92 Å². The summed E-state index contributed by atoms with van der Waals surface area (Å²) in [6.45, 7) is 13.2. The maximum Gasteiger partial charge on any atom is 0.325 e. The van der Waals surface area contributed by atoms with Crippen LogP contribution in [-0.4, -0.2) is 37.4 Å². The predicted molar refractivity (Wildman–Crippen MR) is 76.0 cm³/mol. The van der Waals surface area contributed by atoms with Crippen LogP contribution in [0.1, 0.15) is 48.0 Å². The predicted octanol–water partition coefficient (Wildman–Crippen LogP) is 2.37. The molecule has 4 nitrogen and oxygen atoms in total. The molecule has 0 aliphatic heterocycles. The van der Waals surface area contributed by atoms with E-state index in [9.17, 15) is 4.79 Å². The third-order valence-corrected chi connectivity index (χ3v) is 4.04. The zero-order valence-electron chi connectivity index (χ0n) is 13.4. The Hall–Kier alpha value is -0.610. The van der Waals surface area contributed by atoms with Crippen molar-refractivity contribution in [1.29, 1.82) is 0 Å². The second kappa shape index (κ2) is 5.80. The van der Waals surface area contributed by atoms with Crippen LogP contribution >= 0.6 is 0 Å². The Morgan fingerprint density at radius 3 is 2.42 bits per heavy atom. The van der Waals surface area contributed by atoms with Crippen molar-refractivity contribution in [2.24, 2.45) is 11.3 Å². The summed E-state index contributed by atoms with van der Waals surface area (Å²) >= 11 is 0. The molecule has 1 aliphatic rings. The van der Waals surface area contributed by atoms with Crippen molar-refractivity contribution >= 4 is 5.97 Å². The number of hydrogen-bond donors (Lipinski definition) is 1. The number of esters is 1. The minimum atomic E-state index is -0.653. The molecule has 1 N–H and O–H groups in total. The molecule has 4 heteroatoms. The molecule has 0 aromatic carbocycles. The first-order valence-corrected chi connectivity index (χ1v) is 7.09. The molecule has 0 saturated heterocycles. The SMILES string of the molecule is COC(=O)C(C)(C)NC1CC(OCC(C)C)C1(C)C. The molecule has 0 aromatic heterocycles. The summed E-state index contributed by atoms with van der Waals surface area (Å²) in [6, 6.07) is 0.277. The summed E-state index contributed by atoms with van der Waals surface area (Å²) in [5.41, 5.74) is -0.611. The van der Waals surface area contributed by atoms with Gasteiger partial charge in [-0.15, -0.1) is 0 Å². The van der Waals surface area contributed by atoms with E-state index in [1.54, 1.807) is 0 Å². The molecular weight excluding hydrogens is 242 g/mol. The Morgan fingerprint density at radius 1 is 1.42 bits per heavy atom. The summed E-state index contributed by atoms with van der Waals surface area (Å²) < 4.78 is 10.8. The summed E-state index contributed by atoms with van der Waals surface area (Å²) in [4.78, 5) is 11.7. The van der Waals surface area contributed by atoms with Crippen LogP contribution in [0.3, 0.4) is 0 Å². The van der Waals surface area contributed by atoms with Crippen molar-refractivity contribution in [3.8, 4) is 0 Å². The van der Waals surface area contributed by atoms with Gasteiger partial charge >= 0.3 is 5.97 Å². The lowest BCUT2D eigenvalue weighted by Gasteiger charge is -2.54. The quantitative estimate of drug-likeness (QED) is 0.753. The van der Waals surface area contributed by atoms with Crippen molar-refractivity contribution in [1.82, 2.24) is 5.32 Å². The molecule has 0 heterocycles. The molecule has 0 aromatic rings. The molecule has 0 radical (unpaired) electrons. The van der Waals surface area contributed by atoms with Crippen LogP contribution in [0.5, 0.6) is 0 Å². The van der Waals surface area contributed by atoms with E-state index in [1.807, 2.05) is 13.8 Å². The second-order valence-corrected chi connectivity index (χ2v) is 7.09. The van der Waals surface area contributed by atoms with E-state index < -0.39 is 5.54 Å². The molecule has 0 amide bonds. The third kappa shape index (κ3) is 3.69. The standard InChI is InChI=1S/C15H29NO3/c1-10(2)9-19-12-8-11(14(12,3)4)16-15(5,6)13(17)18-7/h10-12,16H,8-9H2,1-7H3. The molecule has 1 aliphatic carbocycles. The van der Waals surface area contributed by atoms with E-state index in [4.69, 9.17) is 9.47 Å². The second-order valence-electron chi connectivity index (χ2n) is 7.09. The number of hydrogen-bond acceptors (Lipinski definition) is 4. The summed E-state index contributed by atoms with van der Waals surface area (Å²) in [6.07, 6.45) is 1.21. The average molecular weight is 271 g/mol. The summed E-state index contributed by atoms with van der Waals surface area (Å²) in [5, 5.41) is 3.40. The van der Waals surface area contributed by atoms with Crippen molar-refractivity contribution in [2.45, 2.75) is 65.6 Å². The van der Waals surface area contributed by atoms with E-state index in [0.717, 1.165) is 13.0 Å². The first-order valence-electron chi connectivity index (χ1n) is 7.09. The highest BCUT2D eigenvalue weighted by molar-refractivity contribution is 5.79. The number of carbonyl (C=O) groups excluding carboxylic acids is 1. The van der Waals surface area contributed by atoms with Crippen LogP contribution in [0.2, 0.25) is 0 Å². The van der Waals surface area contributed by atoms with E-state index in [2.05, 4.69) is 33.0 Å². The molecular formula is C15H29NO3. The van der Waals surface area contributed by atoms with E-state index in [1.165, 1.54) is 7.11 Å². The molecule has 1 rings (SSSR count). The minimum Gasteiger partial charge on any atom is -0.468 e. The van der Waals surface area contributed by atoms with Crippen molar-refractivity contribution in [3.05, 3.63) is 0 Å². The number of ether oxygens (including phenoxy) is 2. The summed E-state index contributed by atoms with van der Waals surface area (Å²) in [7, 11) is 1.42. The molecule has 0 spiro atoms. The fourth-order valence-electron chi connectivity index (χ4n) is 2.47. The maximum atomic E-state index is 11.7. The first kappa shape index (κ1) is 16.4. The number of rotatable bonds is 6. The number of methoxy groups -OCH3 is 1. The Kier molecular flexibility index (Phi) is 5.02. The Bertz CT molecular complexity index is 323. The molecule has 2 atom stereocenters. The molecule has 0 bridgehead atoms. The first-order chi connectivity index (χ1) is 8.61. The van der Waals surface area contributed by atoms with Crippen LogP contribution in [0.25, 0.3) is 0 Å². The van der Waals surface area contributed by atoms with E-state index >= 15 is 0 Å². The van der Waals surface area contributed by atoms with Gasteiger partial charge in [0.15, 0.2) is 0 Å². The molecule has 1 fully saturated rings. The van der Waals surface area contributed by atoms with Crippen molar-refractivity contribution < 1.29 is 14.3 Å². The van der Waals surface area contributed by atoms with Gasteiger partial charge in [-0.3, -0.25) is 10.1 Å². The number of nitrogens with one attached hydrogen (secondary N) is 1. The zero-order valence-corrected chi connectivity index (χ0v) is 13.4. The highest BCUT2D eigenvalue weighted by Crippen LogP contribution is 2.43. The average Bonchev–Trinajstić information content (AvgIpc) is 2.31. The topological polar surface area (TPSA) is 47.6 Å².